The molecule has 0 aliphatic heterocycles. The van der Waals surface area contributed by atoms with Crippen LogP contribution in [0, 0.1) is 5.82 Å². The fourth-order valence-electron chi connectivity index (χ4n) is 1.08. The molecular weight excluding hydrogens is 210 g/mol. The van der Waals surface area contributed by atoms with Crippen LogP contribution in [-0.4, -0.2) is 6.54 Å². The summed E-state index contributed by atoms with van der Waals surface area (Å²) in [5.74, 6) is -1.31. The van der Waals surface area contributed by atoms with Crippen molar-refractivity contribution in [2.45, 2.75) is 6.18 Å². The number of alkyl halides is 3. The molecule has 2 N–H and O–H groups in total. The maximum atomic E-state index is 13.0. The van der Waals surface area contributed by atoms with E-state index in [2.05, 4.69) is 6.58 Å². The van der Waals surface area contributed by atoms with Gasteiger partial charge < -0.3 is 5.73 Å². The lowest BCUT2D eigenvalue weighted by molar-refractivity contribution is -0.140. The van der Waals surface area contributed by atoms with Crippen molar-refractivity contribution in [3.05, 3.63) is 41.7 Å². The van der Waals surface area contributed by atoms with Crippen molar-refractivity contribution >= 4 is 5.57 Å². The van der Waals surface area contributed by atoms with Gasteiger partial charge in [-0.25, -0.2) is 4.39 Å². The average Bonchev–Trinajstić information content (AvgIpc) is 2.14. The second-order valence-electron chi connectivity index (χ2n) is 3.00. The zero-order chi connectivity index (χ0) is 11.6. The van der Waals surface area contributed by atoms with E-state index in [9.17, 15) is 17.6 Å². The monoisotopic (exact) mass is 219 g/mol. The van der Waals surface area contributed by atoms with Crippen LogP contribution in [0.25, 0.3) is 5.57 Å². The second kappa shape index (κ2) is 4.02. The minimum atomic E-state index is -4.67. The molecule has 0 saturated heterocycles. The summed E-state index contributed by atoms with van der Waals surface area (Å²) < 4.78 is 49.6. The molecule has 0 aliphatic rings. The first-order chi connectivity index (χ1) is 6.86. The van der Waals surface area contributed by atoms with E-state index < -0.39 is 17.6 Å². The highest BCUT2D eigenvalue weighted by Crippen LogP contribution is 2.32. The predicted molar refractivity (Wildman–Crippen MR) is 49.5 cm³/mol. The van der Waals surface area contributed by atoms with Gasteiger partial charge in [0, 0.05) is 6.54 Å². The molecule has 0 heterocycles. The molecule has 1 aromatic carbocycles. The van der Waals surface area contributed by atoms with Crippen molar-refractivity contribution in [3.63, 3.8) is 0 Å². The van der Waals surface area contributed by atoms with E-state index in [-0.39, 0.29) is 12.1 Å². The summed E-state index contributed by atoms with van der Waals surface area (Å²) in [4.78, 5) is 0. The SMILES string of the molecule is C=C(CN)c1ccc(C(F)(F)F)c(F)c1. The van der Waals surface area contributed by atoms with Gasteiger partial charge in [0.25, 0.3) is 0 Å². The molecule has 0 aliphatic carbocycles. The van der Waals surface area contributed by atoms with Crippen molar-refractivity contribution in [1.82, 2.24) is 0 Å². The Morgan fingerprint density at radius 1 is 1.33 bits per heavy atom. The third kappa shape index (κ3) is 2.56. The molecule has 0 aromatic heterocycles. The molecule has 0 spiro atoms. The van der Waals surface area contributed by atoms with E-state index in [0.29, 0.717) is 11.6 Å². The van der Waals surface area contributed by atoms with Crippen LogP contribution in [0.1, 0.15) is 11.1 Å². The minimum Gasteiger partial charge on any atom is -0.326 e. The van der Waals surface area contributed by atoms with E-state index in [0.717, 1.165) is 12.1 Å². The first-order valence-electron chi connectivity index (χ1n) is 4.11. The molecule has 0 bridgehead atoms. The van der Waals surface area contributed by atoms with Gasteiger partial charge in [0.05, 0.1) is 5.56 Å². The first-order valence-corrected chi connectivity index (χ1v) is 4.11. The summed E-state index contributed by atoms with van der Waals surface area (Å²) in [6.45, 7) is 3.58. The molecule has 0 amide bonds. The predicted octanol–water partition coefficient (Wildman–Crippen LogP) is 2.82. The number of rotatable bonds is 2. The summed E-state index contributed by atoms with van der Waals surface area (Å²) >= 11 is 0. The van der Waals surface area contributed by atoms with Gasteiger partial charge in [-0.2, -0.15) is 13.2 Å². The number of hydrogen-bond acceptors (Lipinski definition) is 1. The third-order valence-corrected chi connectivity index (χ3v) is 1.93. The molecule has 1 rings (SSSR count). The van der Waals surface area contributed by atoms with Crippen LogP contribution >= 0.6 is 0 Å². The van der Waals surface area contributed by atoms with Crippen molar-refractivity contribution in [2.75, 3.05) is 6.54 Å². The largest absolute Gasteiger partial charge is 0.419 e. The lowest BCUT2D eigenvalue weighted by atomic mass is 10.0. The van der Waals surface area contributed by atoms with Crippen molar-refractivity contribution < 1.29 is 17.6 Å². The van der Waals surface area contributed by atoms with E-state index in [1.807, 2.05) is 0 Å². The molecule has 0 saturated carbocycles. The van der Waals surface area contributed by atoms with Gasteiger partial charge in [0.2, 0.25) is 0 Å². The molecule has 0 fully saturated rings. The van der Waals surface area contributed by atoms with E-state index in [1.54, 1.807) is 0 Å². The standard InChI is InChI=1S/C10H9F4N/c1-6(5-15)7-2-3-8(9(11)4-7)10(12,13)14/h2-4H,1,5,15H2. The van der Waals surface area contributed by atoms with Gasteiger partial charge in [0.1, 0.15) is 5.82 Å². The molecular formula is C10H9F4N. The zero-order valence-corrected chi connectivity index (χ0v) is 7.74. The topological polar surface area (TPSA) is 26.0 Å². The number of hydrogen-bond donors (Lipinski definition) is 1. The Kier molecular flexibility index (Phi) is 3.14. The van der Waals surface area contributed by atoms with E-state index >= 15 is 0 Å². The van der Waals surface area contributed by atoms with Crippen molar-refractivity contribution in [1.29, 1.82) is 0 Å². The lowest BCUT2D eigenvalue weighted by Gasteiger charge is -2.09. The maximum absolute atomic E-state index is 13.0. The highest BCUT2D eigenvalue weighted by atomic mass is 19.4. The van der Waals surface area contributed by atoms with Crippen LogP contribution in [0.5, 0.6) is 0 Å². The van der Waals surface area contributed by atoms with Crippen LogP contribution < -0.4 is 5.73 Å². The molecule has 0 radical (unpaired) electrons. The Balaban J connectivity index is 3.15. The van der Waals surface area contributed by atoms with Crippen LogP contribution in [0.2, 0.25) is 0 Å². The Morgan fingerprint density at radius 2 is 1.93 bits per heavy atom. The van der Waals surface area contributed by atoms with Crippen LogP contribution in [0.4, 0.5) is 17.6 Å². The Morgan fingerprint density at radius 3 is 2.33 bits per heavy atom. The molecule has 0 unspecified atom stereocenters. The molecule has 1 nitrogen and oxygen atoms in total. The van der Waals surface area contributed by atoms with Crippen molar-refractivity contribution in [2.24, 2.45) is 5.73 Å². The van der Waals surface area contributed by atoms with Gasteiger partial charge in [-0.15, -0.1) is 0 Å². The minimum absolute atomic E-state index is 0.0742. The van der Waals surface area contributed by atoms with Gasteiger partial charge >= 0.3 is 6.18 Å². The van der Waals surface area contributed by atoms with E-state index in [4.69, 9.17) is 5.73 Å². The quantitative estimate of drug-likeness (QED) is 0.760. The summed E-state index contributed by atoms with van der Waals surface area (Å²) in [7, 11) is 0. The summed E-state index contributed by atoms with van der Waals surface area (Å²) in [5.41, 5.74) is 4.62. The van der Waals surface area contributed by atoms with Gasteiger partial charge in [-0.05, 0) is 23.3 Å². The molecule has 1 aromatic rings. The highest BCUT2D eigenvalue weighted by Gasteiger charge is 2.33. The fraction of sp³-hybridized carbons (Fsp3) is 0.200. The number of benzene rings is 1. The van der Waals surface area contributed by atoms with Gasteiger partial charge in [0.15, 0.2) is 0 Å². The third-order valence-electron chi connectivity index (χ3n) is 1.93. The van der Waals surface area contributed by atoms with Crippen LogP contribution in [0.3, 0.4) is 0 Å². The smallest absolute Gasteiger partial charge is 0.326 e. The highest BCUT2D eigenvalue weighted by molar-refractivity contribution is 5.64. The van der Waals surface area contributed by atoms with Crippen LogP contribution in [-0.2, 0) is 6.18 Å². The number of halogens is 4. The molecule has 15 heavy (non-hydrogen) atoms. The Bertz CT molecular complexity index is 381. The van der Waals surface area contributed by atoms with Crippen LogP contribution in [0.15, 0.2) is 24.8 Å². The number of nitrogens with two attached hydrogens (primary N) is 1. The Labute approximate surface area is 84.2 Å². The molecule has 5 heteroatoms. The Hall–Kier alpha value is -1.36. The summed E-state index contributed by atoms with van der Waals surface area (Å²) in [6.07, 6.45) is -4.67. The van der Waals surface area contributed by atoms with E-state index in [1.165, 1.54) is 0 Å². The lowest BCUT2D eigenvalue weighted by Crippen LogP contribution is -2.09. The van der Waals surface area contributed by atoms with Gasteiger partial charge in [-0.3, -0.25) is 0 Å². The van der Waals surface area contributed by atoms with Gasteiger partial charge in [-0.1, -0.05) is 12.6 Å². The average molecular weight is 219 g/mol. The molecule has 82 valence electrons. The maximum Gasteiger partial charge on any atom is 0.419 e. The first kappa shape index (κ1) is 11.7. The molecule has 0 atom stereocenters. The van der Waals surface area contributed by atoms with Crippen molar-refractivity contribution in [3.8, 4) is 0 Å². The normalized spacial score (nSPS) is 11.5. The fourth-order valence-corrected chi connectivity index (χ4v) is 1.08. The summed E-state index contributed by atoms with van der Waals surface area (Å²) in [5, 5.41) is 0. The zero-order valence-electron chi connectivity index (χ0n) is 7.74. The summed E-state index contributed by atoms with van der Waals surface area (Å²) in [6, 6.07) is 2.63. The second-order valence-corrected chi connectivity index (χ2v) is 3.00.